The highest BCUT2D eigenvalue weighted by molar-refractivity contribution is 5.52. The molecule has 0 amide bonds. The fourth-order valence-electron chi connectivity index (χ4n) is 1.55. The lowest BCUT2D eigenvalue weighted by Crippen LogP contribution is -2.02. The van der Waals surface area contributed by atoms with Crippen LogP contribution in [0.25, 0.3) is 6.08 Å². The highest BCUT2D eigenvalue weighted by atomic mass is 19.1. The van der Waals surface area contributed by atoms with Crippen molar-refractivity contribution in [2.24, 2.45) is 5.92 Å². The Hall–Kier alpha value is -1.71. The van der Waals surface area contributed by atoms with E-state index in [0.717, 1.165) is 0 Å². The quantitative estimate of drug-likeness (QED) is 0.590. The van der Waals surface area contributed by atoms with Gasteiger partial charge in [0, 0.05) is 12.5 Å². The first kappa shape index (κ1) is 13.4. The average Bonchev–Trinajstić information content (AvgIpc) is 2.21. The van der Waals surface area contributed by atoms with Crippen molar-refractivity contribution in [3.63, 3.8) is 0 Å². The molecule has 0 atom stereocenters. The highest BCUT2D eigenvalue weighted by Crippen LogP contribution is 2.17. The molecule has 92 valence electrons. The number of nitrogens with zero attached hydrogens (tertiary/aromatic N) is 1. The lowest BCUT2D eigenvalue weighted by Gasteiger charge is -2.03. The Morgan fingerprint density at radius 1 is 1.53 bits per heavy atom. The smallest absolute Gasteiger partial charge is 0.247 e. The third-order valence-electron chi connectivity index (χ3n) is 2.37. The van der Waals surface area contributed by atoms with Gasteiger partial charge in [-0.25, -0.2) is 4.39 Å². The molecule has 0 radical (unpaired) electrons. The Morgan fingerprint density at radius 3 is 2.65 bits per heavy atom. The van der Waals surface area contributed by atoms with Gasteiger partial charge in [-0.3, -0.25) is 10.1 Å². The molecule has 0 unspecified atom stereocenters. The van der Waals surface area contributed by atoms with Crippen molar-refractivity contribution in [2.75, 3.05) is 0 Å². The van der Waals surface area contributed by atoms with Crippen molar-refractivity contribution < 1.29 is 9.31 Å². The van der Waals surface area contributed by atoms with Gasteiger partial charge in [0.15, 0.2) is 0 Å². The van der Waals surface area contributed by atoms with Gasteiger partial charge in [0.05, 0.1) is 4.92 Å². The zero-order valence-corrected chi connectivity index (χ0v) is 10.2. The van der Waals surface area contributed by atoms with Crippen molar-refractivity contribution in [1.29, 1.82) is 0 Å². The van der Waals surface area contributed by atoms with Crippen LogP contribution >= 0.6 is 0 Å². The topological polar surface area (TPSA) is 43.1 Å². The van der Waals surface area contributed by atoms with Crippen LogP contribution in [-0.2, 0) is 0 Å². The number of allylic oxidation sites excluding steroid dienone is 1. The van der Waals surface area contributed by atoms with Crippen molar-refractivity contribution >= 4 is 6.08 Å². The van der Waals surface area contributed by atoms with E-state index in [1.807, 2.05) is 13.8 Å². The molecule has 17 heavy (non-hydrogen) atoms. The summed E-state index contributed by atoms with van der Waals surface area (Å²) in [7, 11) is 0. The van der Waals surface area contributed by atoms with E-state index in [1.165, 1.54) is 12.1 Å². The van der Waals surface area contributed by atoms with Crippen LogP contribution in [0.1, 0.15) is 31.4 Å². The number of rotatable bonds is 4. The van der Waals surface area contributed by atoms with Crippen LogP contribution < -0.4 is 0 Å². The van der Waals surface area contributed by atoms with Crippen LogP contribution in [0, 0.1) is 28.8 Å². The van der Waals surface area contributed by atoms with Gasteiger partial charge < -0.3 is 0 Å². The van der Waals surface area contributed by atoms with E-state index in [4.69, 9.17) is 0 Å². The molecule has 0 aromatic heterocycles. The molecule has 0 spiro atoms. The van der Waals surface area contributed by atoms with Crippen molar-refractivity contribution in [3.8, 4) is 0 Å². The molecule has 0 aliphatic heterocycles. The van der Waals surface area contributed by atoms with E-state index < -0.39 is 0 Å². The monoisotopic (exact) mass is 237 g/mol. The molecule has 1 aromatic carbocycles. The predicted octanol–water partition coefficient (Wildman–Crippen LogP) is 3.80. The lowest BCUT2D eigenvalue weighted by atomic mass is 10.0. The molecule has 0 aliphatic carbocycles. The normalized spacial score (nSPS) is 11.9. The number of aryl methyl sites for hydroxylation is 1. The number of halogens is 1. The maximum absolute atomic E-state index is 13.1. The fourth-order valence-corrected chi connectivity index (χ4v) is 1.55. The van der Waals surface area contributed by atoms with E-state index in [0.29, 0.717) is 17.5 Å². The molecule has 4 heteroatoms. The second kappa shape index (κ2) is 5.57. The minimum absolute atomic E-state index is 0.158. The summed E-state index contributed by atoms with van der Waals surface area (Å²) in [5.74, 6) is -0.0816. The number of hydrogen-bond acceptors (Lipinski definition) is 2. The molecule has 1 aromatic rings. The summed E-state index contributed by atoms with van der Waals surface area (Å²) >= 11 is 0. The Balaban J connectivity index is 3.04. The summed E-state index contributed by atoms with van der Waals surface area (Å²) in [6.45, 7) is 5.49. The summed E-state index contributed by atoms with van der Waals surface area (Å²) in [4.78, 5) is 10.5. The zero-order chi connectivity index (χ0) is 13.0. The molecular weight excluding hydrogens is 221 g/mol. The van der Waals surface area contributed by atoms with Gasteiger partial charge in [0.25, 0.3) is 0 Å². The van der Waals surface area contributed by atoms with Crippen molar-refractivity contribution in [2.45, 2.75) is 27.2 Å². The average molecular weight is 237 g/mol. The minimum Gasteiger partial charge on any atom is -0.259 e. The highest BCUT2D eigenvalue weighted by Gasteiger charge is 2.13. The molecular formula is C13H16FNO2. The summed E-state index contributed by atoms with van der Waals surface area (Å²) in [5.41, 5.74) is 1.31. The second-order valence-electron chi connectivity index (χ2n) is 4.50. The Morgan fingerprint density at radius 2 is 2.18 bits per heavy atom. The minimum atomic E-state index is -0.376. The summed E-state index contributed by atoms with van der Waals surface area (Å²) in [6.07, 6.45) is 1.91. The van der Waals surface area contributed by atoms with Gasteiger partial charge in [-0.1, -0.05) is 19.9 Å². The van der Waals surface area contributed by atoms with E-state index in [9.17, 15) is 14.5 Å². The van der Waals surface area contributed by atoms with Crippen LogP contribution in [0.5, 0.6) is 0 Å². The predicted molar refractivity (Wildman–Crippen MR) is 65.6 cm³/mol. The van der Waals surface area contributed by atoms with Crippen LogP contribution in [0.4, 0.5) is 4.39 Å². The number of hydrogen-bond donors (Lipinski definition) is 0. The van der Waals surface area contributed by atoms with Gasteiger partial charge in [0.1, 0.15) is 5.82 Å². The van der Waals surface area contributed by atoms with Crippen molar-refractivity contribution in [3.05, 3.63) is 51.0 Å². The standard InChI is InChI=1S/C13H16FNO2/c1-9(2)6-12(15(16)17)8-11-4-5-13(14)10(3)7-11/h4-5,7-9H,6H2,1-3H3. The molecule has 1 rings (SSSR count). The molecule has 0 saturated heterocycles. The van der Waals surface area contributed by atoms with E-state index in [1.54, 1.807) is 19.1 Å². The maximum Gasteiger partial charge on any atom is 0.247 e. The molecule has 0 bridgehead atoms. The van der Waals surface area contributed by atoms with Crippen molar-refractivity contribution in [1.82, 2.24) is 0 Å². The van der Waals surface area contributed by atoms with Crippen LogP contribution in [0.2, 0.25) is 0 Å². The molecule has 0 saturated carbocycles. The molecule has 0 fully saturated rings. The van der Waals surface area contributed by atoms with Crippen LogP contribution in [0.15, 0.2) is 23.9 Å². The largest absolute Gasteiger partial charge is 0.259 e. The van der Waals surface area contributed by atoms with Gasteiger partial charge in [-0.05, 0) is 36.1 Å². The third kappa shape index (κ3) is 3.98. The Kier molecular flexibility index (Phi) is 4.37. The van der Waals surface area contributed by atoms with Crippen LogP contribution in [0.3, 0.4) is 0 Å². The zero-order valence-electron chi connectivity index (χ0n) is 10.2. The number of nitro groups is 1. The van der Waals surface area contributed by atoms with E-state index in [-0.39, 0.29) is 22.4 Å². The summed E-state index contributed by atoms with van der Waals surface area (Å²) in [6, 6.07) is 4.49. The number of benzene rings is 1. The SMILES string of the molecule is Cc1cc(C=C(CC(C)C)[N+](=O)[O-])ccc1F. The van der Waals surface area contributed by atoms with Crippen LogP contribution in [-0.4, -0.2) is 4.92 Å². The molecule has 0 aliphatic rings. The van der Waals surface area contributed by atoms with Gasteiger partial charge in [0.2, 0.25) is 5.70 Å². The summed E-state index contributed by atoms with van der Waals surface area (Å²) < 4.78 is 13.1. The Labute approximate surface area is 100 Å². The van der Waals surface area contributed by atoms with Gasteiger partial charge in [-0.2, -0.15) is 0 Å². The lowest BCUT2D eigenvalue weighted by molar-refractivity contribution is -0.427. The first-order valence-electron chi connectivity index (χ1n) is 5.51. The molecule has 3 nitrogen and oxygen atoms in total. The maximum atomic E-state index is 13.1. The molecule has 0 N–H and O–H groups in total. The van der Waals surface area contributed by atoms with E-state index >= 15 is 0 Å². The molecule has 0 heterocycles. The third-order valence-corrected chi connectivity index (χ3v) is 2.37. The first-order chi connectivity index (χ1) is 7.90. The van der Waals surface area contributed by atoms with E-state index in [2.05, 4.69) is 0 Å². The summed E-state index contributed by atoms with van der Waals surface area (Å²) in [5, 5.41) is 10.9. The Bertz CT molecular complexity index is 453. The second-order valence-corrected chi connectivity index (χ2v) is 4.50. The fraction of sp³-hybridized carbons (Fsp3) is 0.385. The first-order valence-corrected chi connectivity index (χ1v) is 5.51. The van der Waals surface area contributed by atoms with Gasteiger partial charge >= 0.3 is 0 Å². The van der Waals surface area contributed by atoms with Gasteiger partial charge in [-0.15, -0.1) is 0 Å².